The minimum absolute atomic E-state index is 0.221. The van der Waals surface area contributed by atoms with Gasteiger partial charge in [-0.25, -0.2) is 4.98 Å². The number of hydrogen-bond acceptors (Lipinski definition) is 4. The molecular formula is C8H13N3O2. The molecule has 13 heavy (non-hydrogen) atoms. The van der Waals surface area contributed by atoms with E-state index in [2.05, 4.69) is 9.97 Å². The van der Waals surface area contributed by atoms with Crippen molar-refractivity contribution in [1.82, 2.24) is 9.97 Å². The van der Waals surface area contributed by atoms with Gasteiger partial charge in [-0.2, -0.15) is 0 Å². The Balaban J connectivity index is 2.61. The molecule has 1 aromatic heterocycles. The van der Waals surface area contributed by atoms with Crippen molar-refractivity contribution in [3.8, 4) is 0 Å². The fraction of sp³-hybridized carbons (Fsp3) is 0.500. The fourth-order valence-corrected chi connectivity index (χ4v) is 0.910. The van der Waals surface area contributed by atoms with Crippen LogP contribution < -0.4 is 11.3 Å². The molecule has 0 aromatic carbocycles. The zero-order valence-electron chi connectivity index (χ0n) is 7.54. The van der Waals surface area contributed by atoms with E-state index in [1.54, 1.807) is 0 Å². The Labute approximate surface area is 75.9 Å². The number of H-pyrrole nitrogens is 1. The van der Waals surface area contributed by atoms with E-state index >= 15 is 0 Å². The van der Waals surface area contributed by atoms with Gasteiger partial charge in [0.25, 0.3) is 5.56 Å². The quantitative estimate of drug-likeness (QED) is 0.657. The molecule has 0 spiro atoms. The lowest BCUT2D eigenvalue weighted by molar-refractivity contribution is 0.116. The maximum absolute atomic E-state index is 10.9. The van der Waals surface area contributed by atoms with Crippen molar-refractivity contribution < 1.29 is 4.74 Å². The topological polar surface area (TPSA) is 81.0 Å². The van der Waals surface area contributed by atoms with Gasteiger partial charge in [-0.3, -0.25) is 4.79 Å². The summed E-state index contributed by atoms with van der Waals surface area (Å²) in [6.07, 6.45) is 0.937. The first-order valence-electron chi connectivity index (χ1n) is 4.16. The maximum Gasteiger partial charge on any atom is 0.253 e. The number of anilines is 1. The molecule has 0 amide bonds. The summed E-state index contributed by atoms with van der Waals surface area (Å²) in [5.74, 6) is 0.692. The fourth-order valence-electron chi connectivity index (χ4n) is 0.910. The van der Waals surface area contributed by atoms with Crippen LogP contribution >= 0.6 is 0 Å². The Hall–Kier alpha value is -1.36. The second-order valence-electron chi connectivity index (χ2n) is 2.67. The molecule has 0 unspecified atom stereocenters. The molecule has 5 heteroatoms. The third kappa shape index (κ3) is 3.25. The summed E-state index contributed by atoms with van der Waals surface area (Å²) in [4.78, 5) is 17.4. The zero-order chi connectivity index (χ0) is 9.68. The van der Waals surface area contributed by atoms with Crippen LogP contribution in [0.1, 0.15) is 19.2 Å². The number of hydrogen-bond donors (Lipinski definition) is 2. The van der Waals surface area contributed by atoms with E-state index in [9.17, 15) is 4.79 Å². The van der Waals surface area contributed by atoms with Gasteiger partial charge < -0.3 is 15.5 Å². The summed E-state index contributed by atoms with van der Waals surface area (Å²) in [6, 6.07) is 1.24. The first-order valence-corrected chi connectivity index (χ1v) is 4.16. The van der Waals surface area contributed by atoms with Crippen LogP contribution in [0.3, 0.4) is 0 Å². The minimum atomic E-state index is -0.248. The van der Waals surface area contributed by atoms with E-state index < -0.39 is 0 Å². The Kier molecular flexibility index (Phi) is 3.45. The lowest BCUT2D eigenvalue weighted by Crippen LogP contribution is -2.13. The normalized spacial score (nSPS) is 10.2. The number of aromatic nitrogens is 2. The van der Waals surface area contributed by atoms with Crippen LogP contribution in [0.4, 0.5) is 5.82 Å². The van der Waals surface area contributed by atoms with Crippen molar-refractivity contribution in [2.24, 2.45) is 0 Å². The molecule has 0 atom stereocenters. The third-order valence-electron chi connectivity index (χ3n) is 1.40. The van der Waals surface area contributed by atoms with Crippen LogP contribution in [0, 0.1) is 0 Å². The van der Waals surface area contributed by atoms with E-state index in [0.29, 0.717) is 19.0 Å². The van der Waals surface area contributed by atoms with Crippen LogP contribution in [0.15, 0.2) is 10.9 Å². The molecule has 3 N–H and O–H groups in total. The van der Waals surface area contributed by atoms with E-state index in [0.717, 1.165) is 6.42 Å². The monoisotopic (exact) mass is 183 g/mol. The Morgan fingerprint density at radius 1 is 1.69 bits per heavy atom. The van der Waals surface area contributed by atoms with Crippen LogP contribution in [-0.4, -0.2) is 16.6 Å². The number of aromatic amines is 1. The molecule has 0 aliphatic rings. The zero-order valence-corrected chi connectivity index (χ0v) is 7.54. The predicted molar refractivity (Wildman–Crippen MR) is 49.2 cm³/mol. The molecule has 5 nitrogen and oxygen atoms in total. The molecule has 0 saturated heterocycles. The summed E-state index contributed by atoms with van der Waals surface area (Å²) < 4.78 is 5.19. The van der Waals surface area contributed by atoms with Crippen molar-refractivity contribution >= 4 is 5.82 Å². The van der Waals surface area contributed by atoms with E-state index in [1.807, 2.05) is 6.92 Å². The highest BCUT2D eigenvalue weighted by atomic mass is 16.5. The van der Waals surface area contributed by atoms with E-state index in [1.165, 1.54) is 6.07 Å². The average Bonchev–Trinajstić information content (AvgIpc) is 2.03. The van der Waals surface area contributed by atoms with Gasteiger partial charge in [0.1, 0.15) is 18.2 Å². The Morgan fingerprint density at radius 2 is 2.46 bits per heavy atom. The van der Waals surface area contributed by atoms with Crippen molar-refractivity contribution in [3.63, 3.8) is 0 Å². The third-order valence-corrected chi connectivity index (χ3v) is 1.40. The second-order valence-corrected chi connectivity index (χ2v) is 2.67. The number of ether oxygens (including phenoxy) is 1. The summed E-state index contributed by atoms with van der Waals surface area (Å²) >= 11 is 0. The summed E-state index contributed by atoms with van der Waals surface area (Å²) in [5.41, 5.74) is 5.13. The van der Waals surface area contributed by atoms with Crippen molar-refractivity contribution in [3.05, 3.63) is 22.2 Å². The highest BCUT2D eigenvalue weighted by Gasteiger charge is 1.97. The molecule has 0 radical (unpaired) electrons. The van der Waals surface area contributed by atoms with Crippen molar-refractivity contribution in [2.45, 2.75) is 20.0 Å². The molecular weight excluding hydrogens is 170 g/mol. The number of nitrogen functional groups attached to an aromatic ring is 1. The van der Waals surface area contributed by atoms with Crippen LogP contribution in [0.25, 0.3) is 0 Å². The average molecular weight is 183 g/mol. The maximum atomic E-state index is 10.9. The lowest BCUT2D eigenvalue weighted by Gasteiger charge is -2.01. The molecule has 1 rings (SSSR count). The van der Waals surface area contributed by atoms with Crippen LogP contribution in [-0.2, 0) is 11.3 Å². The Morgan fingerprint density at radius 3 is 3.08 bits per heavy atom. The highest BCUT2D eigenvalue weighted by Crippen LogP contribution is 1.94. The van der Waals surface area contributed by atoms with Gasteiger partial charge in [0, 0.05) is 12.7 Å². The number of rotatable bonds is 4. The van der Waals surface area contributed by atoms with Gasteiger partial charge in [0.15, 0.2) is 0 Å². The van der Waals surface area contributed by atoms with Gasteiger partial charge in [0.2, 0.25) is 0 Å². The first kappa shape index (κ1) is 9.73. The van der Waals surface area contributed by atoms with Crippen molar-refractivity contribution in [2.75, 3.05) is 12.3 Å². The smallest absolute Gasteiger partial charge is 0.253 e. The predicted octanol–water partition coefficient (Wildman–Crippen LogP) is 0.279. The molecule has 72 valence electrons. The summed E-state index contributed by atoms with van der Waals surface area (Å²) in [5, 5.41) is 0. The number of nitrogens with one attached hydrogen (secondary N) is 1. The van der Waals surface area contributed by atoms with Crippen molar-refractivity contribution in [1.29, 1.82) is 0 Å². The largest absolute Gasteiger partial charge is 0.383 e. The van der Waals surface area contributed by atoms with Gasteiger partial charge in [-0.1, -0.05) is 6.92 Å². The van der Waals surface area contributed by atoms with E-state index in [-0.39, 0.29) is 11.4 Å². The second kappa shape index (κ2) is 4.61. The number of nitrogens with two attached hydrogens (primary N) is 1. The summed E-state index contributed by atoms with van der Waals surface area (Å²) in [7, 11) is 0. The molecule has 1 aromatic rings. The first-order chi connectivity index (χ1) is 6.22. The molecule has 1 heterocycles. The molecule has 0 aliphatic carbocycles. The summed E-state index contributed by atoms with van der Waals surface area (Å²) in [6.45, 7) is 2.96. The highest BCUT2D eigenvalue weighted by molar-refractivity contribution is 5.24. The van der Waals surface area contributed by atoms with Gasteiger partial charge >= 0.3 is 0 Å². The van der Waals surface area contributed by atoms with E-state index in [4.69, 9.17) is 10.5 Å². The Bertz CT molecular complexity index is 321. The van der Waals surface area contributed by atoms with Crippen LogP contribution in [0.5, 0.6) is 0 Å². The molecule has 0 saturated carbocycles. The number of nitrogens with zero attached hydrogens (tertiary/aromatic N) is 1. The SMILES string of the molecule is CCCOCc1nc(N)cc(=O)[nH]1. The lowest BCUT2D eigenvalue weighted by atomic mass is 10.5. The standard InChI is InChI=1S/C8H13N3O2/c1-2-3-13-5-7-10-6(9)4-8(12)11-7/h4H,2-3,5H2,1H3,(H3,9,10,11,12). The molecule has 0 bridgehead atoms. The van der Waals surface area contributed by atoms with Gasteiger partial charge in [0.05, 0.1) is 0 Å². The van der Waals surface area contributed by atoms with Gasteiger partial charge in [-0.15, -0.1) is 0 Å². The molecule has 0 fully saturated rings. The molecule has 0 aliphatic heterocycles. The minimum Gasteiger partial charge on any atom is -0.383 e. The van der Waals surface area contributed by atoms with Gasteiger partial charge in [-0.05, 0) is 6.42 Å². The van der Waals surface area contributed by atoms with Crippen LogP contribution in [0.2, 0.25) is 0 Å².